The molecule has 1 atom stereocenters. The Bertz CT molecular complexity index is 485. The molecule has 0 saturated heterocycles. The SMILES string of the molecule is O=C(Cn1cnnn1)NC(CO)c1ccccc1. The van der Waals surface area contributed by atoms with Gasteiger partial charge in [-0.1, -0.05) is 30.3 Å². The normalized spacial score (nSPS) is 12.1. The Hall–Kier alpha value is -2.28. The van der Waals surface area contributed by atoms with E-state index in [1.807, 2.05) is 30.3 Å². The van der Waals surface area contributed by atoms with Gasteiger partial charge in [-0.3, -0.25) is 4.79 Å². The van der Waals surface area contributed by atoms with E-state index in [1.165, 1.54) is 11.0 Å². The van der Waals surface area contributed by atoms with Gasteiger partial charge in [-0.05, 0) is 16.0 Å². The summed E-state index contributed by atoms with van der Waals surface area (Å²) in [5.41, 5.74) is 0.852. The van der Waals surface area contributed by atoms with E-state index < -0.39 is 6.04 Å². The van der Waals surface area contributed by atoms with Crippen molar-refractivity contribution in [3.63, 3.8) is 0 Å². The van der Waals surface area contributed by atoms with Crippen molar-refractivity contribution in [1.82, 2.24) is 25.5 Å². The zero-order valence-corrected chi connectivity index (χ0v) is 9.60. The average Bonchev–Trinajstić information content (AvgIpc) is 2.90. The maximum Gasteiger partial charge on any atom is 0.242 e. The van der Waals surface area contributed by atoms with Gasteiger partial charge >= 0.3 is 0 Å². The van der Waals surface area contributed by atoms with Crippen LogP contribution in [0, 0.1) is 0 Å². The van der Waals surface area contributed by atoms with Crippen LogP contribution in [0.25, 0.3) is 0 Å². The fraction of sp³-hybridized carbons (Fsp3) is 0.273. The number of hydrogen-bond donors (Lipinski definition) is 2. The Morgan fingerprint density at radius 3 is 2.78 bits per heavy atom. The molecule has 1 unspecified atom stereocenters. The number of hydrogen-bond acceptors (Lipinski definition) is 5. The van der Waals surface area contributed by atoms with Crippen molar-refractivity contribution in [2.75, 3.05) is 6.61 Å². The minimum Gasteiger partial charge on any atom is -0.394 e. The van der Waals surface area contributed by atoms with Crippen LogP contribution in [0.1, 0.15) is 11.6 Å². The number of carbonyl (C=O) groups is 1. The molecule has 2 aromatic rings. The second kappa shape index (κ2) is 5.87. The summed E-state index contributed by atoms with van der Waals surface area (Å²) in [6.45, 7) is -0.137. The molecule has 1 aromatic heterocycles. The molecule has 0 aliphatic heterocycles. The summed E-state index contributed by atoms with van der Waals surface area (Å²) in [6, 6.07) is 8.85. The number of nitrogens with zero attached hydrogens (tertiary/aromatic N) is 4. The molecule has 7 nitrogen and oxygen atoms in total. The third-order valence-corrected chi connectivity index (χ3v) is 2.42. The van der Waals surface area contributed by atoms with Gasteiger partial charge < -0.3 is 10.4 Å². The lowest BCUT2D eigenvalue weighted by Crippen LogP contribution is -2.33. The first-order chi connectivity index (χ1) is 8.79. The van der Waals surface area contributed by atoms with Crippen LogP contribution >= 0.6 is 0 Å². The van der Waals surface area contributed by atoms with Crippen LogP contribution in [0.3, 0.4) is 0 Å². The summed E-state index contributed by atoms with van der Waals surface area (Å²) in [5, 5.41) is 22.5. The molecule has 0 aliphatic rings. The van der Waals surface area contributed by atoms with E-state index in [1.54, 1.807) is 0 Å². The molecule has 0 saturated carbocycles. The highest BCUT2D eigenvalue weighted by atomic mass is 16.3. The lowest BCUT2D eigenvalue weighted by atomic mass is 10.1. The molecule has 0 fully saturated rings. The maximum atomic E-state index is 11.7. The van der Waals surface area contributed by atoms with Crippen molar-refractivity contribution in [1.29, 1.82) is 0 Å². The summed E-state index contributed by atoms with van der Waals surface area (Å²) < 4.78 is 1.31. The molecule has 0 bridgehead atoms. The van der Waals surface area contributed by atoms with Gasteiger partial charge in [0.05, 0.1) is 12.6 Å². The first kappa shape index (κ1) is 12.2. The van der Waals surface area contributed by atoms with E-state index in [2.05, 4.69) is 20.8 Å². The molecule has 94 valence electrons. The zero-order valence-electron chi connectivity index (χ0n) is 9.60. The van der Waals surface area contributed by atoms with E-state index in [4.69, 9.17) is 0 Å². The van der Waals surface area contributed by atoms with Gasteiger partial charge in [0.1, 0.15) is 12.9 Å². The molecule has 0 radical (unpaired) electrons. The van der Waals surface area contributed by atoms with Crippen molar-refractivity contribution in [3.8, 4) is 0 Å². The van der Waals surface area contributed by atoms with Crippen molar-refractivity contribution >= 4 is 5.91 Å². The molecule has 1 heterocycles. The molecule has 0 spiro atoms. The van der Waals surface area contributed by atoms with E-state index >= 15 is 0 Å². The average molecular weight is 247 g/mol. The summed E-state index contributed by atoms with van der Waals surface area (Å²) in [4.78, 5) is 11.7. The molecule has 1 aromatic carbocycles. The van der Waals surface area contributed by atoms with Gasteiger partial charge in [-0.25, -0.2) is 4.68 Å². The molecule has 2 N–H and O–H groups in total. The molecule has 2 rings (SSSR count). The summed E-state index contributed by atoms with van der Waals surface area (Å²) >= 11 is 0. The smallest absolute Gasteiger partial charge is 0.242 e. The third kappa shape index (κ3) is 3.11. The van der Waals surface area contributed by atoms with Crippen molar-refractivity contribution in [2.45, 2.75) is 12.6 Å². The molecule has 7 heteroatoms. The highest BCUT2D eigenvalue weighted by Crippen LogP contribution is 2.11. The third-order valence-electron chi connectivity index (χ3n) is 2.42. The number of carbonyl (C=O) groups excluding carboxylic acids is 1. The number of amides is 1. The number of aromatic nitrogens is 4. The standard InChI is InChI=1S/C11H13N5O2/c17-7-10(9-4-2-1-3-5-9)13-11(18)6-16-8-12-14-15-16/h1-5,8,10,17H,6-7H2,(H,13,18). The number of nitrogens with one attached hydrogen (secondary N) is 1. The molecular weight excluding hydrogens is 234 g/mol. The second-order valence-corrected chi connectivity index (χ2v) is 3.72. The first-order valence-electron chi connectivity index (χ1n) is 5.45. The Morgan fingerprint density at radius 2 is 2.17 bits per heavy atom. The first-order valence-corrected chi connectivity index (χ1v) is 5.45. The van der Waals surface area contributed by atoms with E-state index in [9.17, 15) is 9.90 Å². The lowest BCUT2D eigenvalue weighted by molar-refractivity contribution is -0.123. The van der Waals surface area contributed by atoms with Gasteiger partial charge in [0.25, 0.3) is 0 Å². The second-order valence-electron chi connectivity index (χ2n) is 3.72. The predicted octanol–water partition coefficient (Wildman–Crippen LogP) is -0.477. The quantitative estimate of drug-likeness (QED) is 0.744. The highest BCUT2D eigenvalue weighted by Gasteiger charge is 2.13. The van der Waals surface area contributed by atoms with Crippen LogP contribution in [0.2, 0.25) is 0 Å². The van der Waals surface area contributed by atoms with Crippen LogP contribution < -0.4 is 5.32 Å². The number of rotatable bonds is 5. The van der Waals surface area contributed by atoms with Gasteiger partial charge in [0.2, 0.25) is 5.91 Å². The van der Waals surface area contributed by atoms with Crippen LogP contribution in [0.5, 0.6) is 0 Å². The lowest BCUT2D eigenvalue weighted by Gasteiger charge is -2.16. The Labute approximate surface area is 103 Å². The summed E-state index contributed by atoms with van der Waals surface area (Å²) in [7, 11) is 0. The van der Waals surface area contributed by atoms with E-state index in [-0.39, 0.29) is 19.1 Å². The number of benzene rings is 1. The summed E-state index contributed by atoms with van der Waals surface area (Å²) in [6.07, 6.45) is 1.36. The summed E-state index contributed by atoms with van der Waals surface area (Å²) in [5.74, 6) is -0.259. The van der Waals surface area contributed by atoms with Crippen molar-refractivity contribution < 1.29 is 9.90 Å². The topological polar surface area (TPSA) is 92.9 Å². The predicted molar refractivity (Wildman–Crippen MR) is 62.2 cm³/mol. The minimum absolute atomic E-state index is 0.0241. The van der Waals surface area contributed by atoms with E-state index in [0.29, 0.717) is 0 Å². The highest BCUT2D eigenvalue weighted by molar-refractivity contribution is 5.76. The fourth-order valence-electron chi connectivity index (χ4n) is 1.56. The van der Waals surface area contributed by atoms with Crippen LogP contribution in [-0.2, 0) is 11.3 Å². The van der Waals surface area contributed by atoms with Crippen LogP contribution in [-0.4, -0.2) is 37.8 Å². The Kier molecular flexibility index (Phi) is 3.98. The maximum absolute atomic E-state index is 11.7. The number of aliphatic hydroxyl groups excluding tert-OH is 1. The van der Waals surface area contributed by atoms with Crippen molar-refractivity contribution in [3.05, 3.63) is 42.2 Å². The van der Waals surface area contributed by atoms with Gasteiger partial charge in [-0.2, -0.15) is 0 Å². The van der Waals surface area contributed by atoms with Gasteiger partial charge in [0, 0.05) is 0 Å². The minimum atomic E-state index is -0.421. The van der Waals surface area contributed by atoms with Gasteiger partial charge in [0.15, 0.2) is 0 Å². The van der Waals surface area contributed by atoms with Crippen LogP contribution in [0.4, 0.5) is 0 Å². The zero-order chi connectivity index (χ0) is 12.8. The Balaban J connectivity index is 1.96. The van der Waals surface area contributed by atoms with Gasteiger partial charge in [-0.15, -0.1) is 5.10 Å². The molecular formula is C11H13N5O2. The monoisotopic (exact) mass is 247 g/mol. The molecule has 1 amide bonds. The number of tetrazole rings is 1. The number of aliphatic hydroxyl groups is 1. The van der Waals surface area contributed by atoms with Crippen LogP contribution in [0.15, 0.2) is 36.7 Å². The van der Waals surface area contributed by atoms with E-state index in [0.717, 1.165) is 5.56 Å². The largest absolute Gasteiger partial charge is 0.394 e. The Morgan fingerprint density at radius 1 is 1.39 bits per heavy atom. The fourth-order valence-corrected chi connectivity index (χ4v) is 1.56. The molecule has 0 aliphatic carbocycles. The van der Waals surface area contributed by atoms with Crippen molar-refractivity contribution in [2.24, 2.45) is 0 Å². The molecule has 18 heavy (non-hydrogen) atoms.